The van der Waals surface area contributed by atoms with Crippen LogP contribution in [-0.2, 0) is 20.5 Å². The first-order valence-electron chi connectivity index (χ1n) is 9.19. The fraction of sp³-hybridized carbons (Fsp3) is 0.316. The third-order valence-electron chi connectivity index (χ3n) is 4.59. The summed E-state index contributed by atoms with van der Waals surface area (Å²) in [4.78, 5) is 0.302. The van der Waals surface area contributed by atoms with Crippen molar-refractivity contribution in [3.63, 3.8) is 0 Å². The molecule has 0 amide bonds. The van der Waals surface area contributed by atoms with Gasteiger partial charge in [-0.2, -0.15) is 8.99 Å². The molecule has 0 aliphatic carbocycles. The molecule has 152 valence electrons. The molecule has 1 aliphatic heterocycles. The lowest BCUT2D eigenvalue weighted by atomic mass is 10.2. The molecule has 0 N–H and O–H groups in total. The highest BCUT2D eigenvalue weighted by molar-refractivity contribution is 7.98. The molecule has 2 aromatic carbocycles. The summed E-state index contributed by atoms with van der Waals surface area (Å²) in [5.41, 5.74) is 2.93. The highest BCUT2D eigenvalue weighted by atomic mass is 32.2. The monoisotopic (exact) mass is 431 g/mol. The van der Waals surface area contributed by atoms with Gasteiger partial charge in [0.15, 0.2) is 0 Å². The van der Waals surface area contributed by atoms with E-state index in [0.29, 0.717) is 42.1 Å². The quantitative estimate of drug-likeness (QED) is 0.553. The molecular formula is C19H21N5O3S2. The van der Waals surface area contributed by atoms with Crippen molar-refractivity contribution < 1.29 is 13.2 Å². The molecule has 0 spiro atoms. The Labute approximate surface area is 173 Å². The number of hydrogen-bond donors (Lipinski definition) is 0. The fourth-order valence-electron chi connectivity index (χ4n) is 3.00. The van der Waals surface area contributed by atoms with Crippen LogP contribution in [0.3, 0.4) is 0 Å². The number of tetrazole rings is 1. The third kappa shape index (κ3) is 4.50. The summed E-state index contributed by atoms with van der Waals surface area (Å²) < 4.78 is 34.1. The van der Waals surface area contributed by atoms with Gasteiger partial charge in [-0.05, 0) is 47.2 Å². The molecule has 0 radical (unpaired) electrons. The maximum atomic E-state index is 12.9. The molecule has 0 saturated carbocycles. The Balaban J connectivity index is 1.50. The Hall–Kier alpha value is -2.27. The van der Waals surface area contributed by atoms with Gasteiger partial charge < -0.3 is 4.74 Å². The summed E-state index contributed by atoms with van der Waals surface area (Å²) in [6.45, 7) is 3.64. The van der Waals surface area contributed by atoms with E-state index < -0.39 is 10.0 Å². The maximum Gasteiger partial charge on any atom is 0.243 e. The zero-order valence-electron chi connectivity index (χ0n) is 15.9. The lowest BCUT2D eigenvalue weighted by Gasteiger charge is -2.26. The topological polar surface area (TPSA) is 90.2 Å². The molecule has 8 nitrogen and oxygen atoms in total. The number of benzene rings is 2. The van der Waals surface area contributed by atoms with Gasteiger partial charge in [0.2, 0.25) is 15.2 Å². The number of morpholine rings is 1. The zero-order valence-corrected chi connectivity index (χ0v) is 17.6. The molecular weight excluding hydrogens is 410 g/mol. The molecule has 2 heterocycles. The van der Waals surface area contributed by atoms with Crippen molar-refractivity contribution in [2.24, 2.45) is 0 Å². The zero-order chi connectivity index (χ0) is 20.3. The first kappa shape index (κ1) is 20.0. The standard InChI is InChI=1S/C19H21N5O3S2/c1-15-5-7-17(8-6-15)24-19(20-21-22-24)28-14-16-3-2-4-18(13-16)29(25,26)23-9-11-27-12-10-23/h2-8,13H,9-12,14H2,1H3. The van der Waals surface area contributed by atoms with E-state index in [-0.39, 0.29) is 0 Å². The second-order valence-electron chi connectivity index (χ2n) is 6.66. The van der Waals surface area contributed by atoms with Crippen LogP contribution in [-0.4, -0.2) is 59.2 Å². The van der Waals surface area contributed by atoms with Gasteiger partial charge in [0, 0.05) is 18.8 Å². The van der Waals surface area contributed by atoms with Gasteiger partial charge in [-0.15, -0.1) is 5.10 Å². The Morgan fingerprint density at radius 1 is 1.10 bits per heavy atom. The van der Waals surface area contributed by atoms with E-state index >= 15 is 0 Å². The molecule has 29 heavy (non-hydrogen) atoms. The Morgan fingerprint density at radius 2 is 1.86 bits per heavy atom. The number of nitrogens with zero attached hydrogens (tertiary/aromatic N) is 5. The summed E-state index contributed by atoms with van der Waals surface area (Å²) in [6, 6.07) is 15.0. The van der Waals surface area contributed by atoms with Crippen LogP contribution >= 0.6 is 11.8 Å². The van der Waals surface area contributed by atoms with Crippen LogP contribution in [0, 0.1) is 6.92 Å². The van der Waals surface area contributed by atoms with Crippen LogP contribution in [0.5, 0.6) is 0 Å². The first-order valence-corrected chi connectivity index (χ1v) is 11.6. The molecule has 0 bridgehead atoms. The van der Waals surface area contributed by atoms with Crippen LogP contribution in [0.15, 0.2) is 58.6 Å². The highest BCUT2D eigenvalue weighted by Crippen LogP contribution is 2.25. The van der Waals surface area contributed by atoms with Crippen molar-refractivity contribution in [1.82, 2.24) is 24.5 Å². The Morgan fingerprint density at radius 3 is 2.62 bits per heavy atom. The van der Waals surface area contributed by atoms with Crippen molar-refractivity contribution in [2.45, 2.75) is 22.7 Å². The van der Waals surface area contributed by atoms with Crippen LogP contribution in [0.4, 0.5) is 0 Å². The second kappa shape index (κ2) is 8.62. The Kier molecular flexibility index (Phi) is 5.95. The normalized spacial score (nSPS) is 15.5. The highest BCUT2D eigenvalue weighted by Gasteiger charge is 2.26. The second-order valence-corrected chi connectivity index (χ2v) is 9.54. The first-order chi connectivity index (χ1) is 14.0. The van der Waals surface area contributed by atoms with Crippen LogP contribution in [0.2, 0.25) is 0 Å². The van der Waals surface area contributed by atoms with Gasteiger partial charge in [0.05, 0.1) is 23.8 Å². The molecule has 3 aromatic rings. The van der Waals surface area contributed by atoms with Gasteiger partial charge in [-0.25, -0.2) is 8.42 Å². The summed E-state index contributed by atoms with van der Waals surface area (Å²) in [5, 5.41) is 12.6. The fourth-order valence-corrected chi connectivity index (χ4v) is 5.31. The molecule has 4 rings (SSSR count). The van der Waals surface area contributed by atoms with Crippen LogP contribution in [0.25, 0.3) is 5.69 Å². The van der Waals surface area contributed by atoms with Gasteiger partial charge in [-0.1, -0.05) is 41.6 Å². The molecule has 10 heteroatoms. The van der Waals surface area contributed by atoms with E-state index in [1.807, 2.05) is 37.3 Å². The predicted molar refractivity (Wildman–Crippen MR) is 109 cm³/mol. The van der Waals surface area contributed by atoms with E-state index in [4.69, 9.17) is 4.74 Å². The molecule has 1 saturated heterocycles. The third-order valence-corrected chi connectivity index (χ3v) is 7.48. The van der Waals surface area contributed by atoms with Gasteiger partial charge >= 0.3 is 0 Å². The Bertz CT molecular complexity index is 1080. The molecule has 1 aliphatic rings. The summed E-state index contributed by atoms with van der Waals surface area (Å²) in [6.07, 6.45) is 0. The van der Waals surface area contributed by atoms with E-state index in [0.717, 1.165) is 16.8 Å². The number of aryl methyl sites for hydroxylation is 1. The molecule has 0 atom stereocenters. The van der Waals surface area contributed by atoms with E-state index in [1.54, 1.807) is 22.9 Å². The molecule has 1 fully saturated rings. The average Bonchev–Trinajstić information content (AvgIpc) is 3.22. The van der Waals surface area contributed by atoms with Crippen molar-refractivity contribution >= 4 is 21.8 Å². The maximum absolute atomic E-state index is 12.9. The average molecular weight is 432 g/mol. The van der Waals surface area contributed by atoms with Crippen molar-refractivity contribution in [3.8, 4) is 5.69 Å². The SMILES string of the molecule is Cc1ccc(-n2nnnc2SCc2cccc(S(=O)(=O)N3CCOCC3)c2)cc1. The number of thioether (sulfide) groups is 1. The smallest absolute Gasteiger partial charge is 0.243 e. The molecule has 1 aromatic heterocycles. The largest absolute Gasteiger partial charge is 0.379 e. The summed E-state index contributed by atoms with van der Waals surface area (Å²) in [7, 11) is -3.51. The van der Waals surface area contributed by atoms with Crippen molar-refractivity contribution in [2.75, 3.05) is 26.3 Å². The number of ether oxygens (including phenoxy) is 1. The van der Waals surface area contributed by atoms with Crippen molar-refractivity contribution in [3.05, 3.63) is 59.7 Å². The minimum absolute atomic E-state index is 0.302. The number of rotatable bonds is 6. The van der Waals surface area contributed by atoms with Gasteiger partial charge in [0.25, 0.3) is 0 Å². The molecule has 0 unspecified atom stereocenters. The number of hydrogen-bond acceptors (Lipinski definition) is 7. The summed E-state index contributed by atoms with van der Waals surface area (Å²) in [5.74, 6) is 0.554. The minimum Gasteiger partial charge on any atom is -0.379 e. The van der Waals surface area contributed by atoms with Gasteiger partial charge in [0.1, 0.15) is 0 Å². The van der Waals surface area contributed by atoms with E-state index in [9.17, 15) is 8.42 Å². The number of sulfonamides is 1. The van der Waals surface area contributed by atoms with Crippen LogP contribution in [0.1, 0.15) is 11.1 Å². The predicted octanol–water partition coefficient (Wildman–Crippen LogP) is 2.28. The minimum atomic E-state index is -3.51. The lowest BCUT2D eigenvalue weighted by molar-refractivity contribution is 0.0730. The van der Waals surface area contributed by atoms with Crippen molar-refractivity contribution in [1.29, 1.82) is 0 Å². The number of aromatic nitrogens is 4. The summed E-state index contributed by atoms with van der Waals surface area (Å²) >= 11 is 1.46. The van der Waals surface area contributed by atoms with Crippen LogP contribution < -0.4 is 0 Å². The van der Waals surface area contributed by atoms with E-state index in [2.05, 4.69) is 15.5 Å². The van der Waals surface area contributed by atoms with E-state index in [1.165, 1.54) is 16.1 Å². The lowest BCUT2D eigenvalue weighted by Crippen LogP contribution is -2.40. The van der Waals surface area contributed by atoms with Gasteiger partial charge in [-0.3, -0.25) is 0 Å².